The van der Waals surface area contributed by atoms with E-state index in [1.165, 1.54) is 0 Å². The van der Waals surface area contributed by atoms with Gasteiger partial charge >= 0.3 is 6.03 Å². The number of carbonyl (C=O) groups excluding carboxylic acids is 1. The van der Waals surface area contributed by atoms with Gasteiger partial charge in [0.1, 0.15) is 5.75 Å². The molecule has 2 heterocycles. The van der Waals surface area contributed by atoms with Crippen LogP contribution in [0.15, 0.2) is 35.8 Å². The van der Waals surface area contributed by atoms with E-state index < -0.39 is 0 Å². The van der Waals surface area contributed by atoms with E-state index in [1.807, 2.05) is 29.6 Å². The number of ether oxygens (including phenoxy) is 1. The Morgan fingerprint density at radius 2 is 2.36 bits per heavy atom. The molecule has 2 N–H and O–H groups in total. The smallest absolute Gasteiger partial charge is 0.315 e. The molecule has 0 saturated heterocycles. The molecular weight excluding hydrogens is 298 g/mol. The zero-order valence-corrected chi connectivity index (χ0v) is 13.2. The molecule has 0 radical (unpaired) electrons. The molecule has 1 aliphatic rings. The van der Waals surface area contributed by atoms with Crippen molar-refractivity contribution in [3.05, 3.63) is 46.4 Å². The number of benzene rings is 1. The van der Waals surface area contributed by atoms with Crippen molar-refractivity contribution in [3.63, 3.8) is 0 Å². The second-order valence-electron chi connectivity index (χ2n) is 5.35. The van der Waals surface area contributed by atoms with Crippen LogP contribution in [0.25, 0.3) is 0 Å². The summed E-state index contributed by atoms with van der Waals surface area (Å²) >= 11 is 1.61. The Kier molecular flexibility index (Phi) is 4.58. The molecule has 0 unspecified atom stereocenters. The topological polar surface area (TPSA) is 63.2 Å². The Bertz CT molecular complexity index is 630. The van der Waals surface area contributed by atoms with E-state index in [9.17, 15) is 4.79 Å². The fourth-order valence-electron chi connectivity index (χ4n) is 2.51. The molecule has 5 nitrogen and oxygen atoms in total. The summed E-state index contributed by atoms with van der Waals surface area (Å²) < 4.78 is 5.60. The maximum absolute atomic E-state index is 12.1. The molecule has 1 aliphatic heterocycles. The number of rotatable bonds is 4. The number of para-hydroxylation sites is 1. The molecular formula is C16H19N3O2S. The van der Waals surface area contributed by atoms with Gasteiger partial charge in [0.2, 0.25) is 0 Å². The number of hydrogen-bond donors (Lipinski definition) is 2. The van der Waals surface area contributed by atoms with Gasteiger partial charge in [-0.1, -0.05) is 25.1 Å². The third-order valence-corrected chi connectivity index (χ3v) is 4.71. The first-order valence-electron chi connectivity index (χ1n) is 7.39. The lowest BCUT2D eigenvalue weighted by Gasteiger charge is -2.26. The second-order valence-corrected chi connectivity index (χ2v) is 6.28. The predicted molar refractivity (Wildman–Crippen MR) is 86.4 cm³/mol. The standard InChI is InChI=1S/C16H19N3O2S/c1-11(15-17-7-9-22-15)10-18-16(20)19-13-6-8-21-14-5-3-2-4-12(13)14/h2-5,7,9,11,13H,6,8,10H2,1H3,(H2,18,19,20)/t11-,13+/m0/s1. The minimum Gasteiger partial charge on any atom is -0.493 e. The predicted octanol–water partition coefficient (Wildman–Crippen LogP) is 3.07. The summed E-state index contributed by atoms with van der Waals surface area (Å²) in [7, 11) is 0. The molecule has 1 aromatic carbocycles. The second kappa shape index (κ2) is 6.79. The summed E-state index contributed by atoms with van der Waals surface area (Å²) in [6, 6.07) is 7.69. The maximum Gasteiger partial charge on any atom is 0.315 e. The molecule has 116 valence electrons. The van der Waals surface area contributed by atoms with Crippen molar-refractivity contribution < 1.29 is 9.53 Å². The Morgan fingerprint density at radius 1 is 1.50 bits per heavy atom. The van der Waals surface area contributed by atoms with Crippen LogP contribution in [0, 0.1) is 0 Å². The molecule has 0 bridgehead atoms. The van der Waals surface area contributed by atoms with E-state index in [1.54, 1.807) is 17.5 Å². The Labute approximate surface area is 133 Å². The van der Waals surface area contributed by atoms with Gasteiger partial charge in [-0.3, -0.25) is 0 Å². The van der Waals surface area contributed by atoms with Crippen LogP contribution in [0.2, 0.25) is 0 Å². The van der Waals surface area contributed by atoms with Crippen molar-refractivity contribution in [1.82, 2.24) is 15.6 Å². The lowest BCUT2D eigenvalue weighted by Crippen LogP contribution is -2.40. The van der Waals surface area contributed by atoms with Crippen molar-refractivity contribution in [3.8, 4) is 5.75 Å². The first kappa shape index (κ1) is 14.8. The van der Waals surface area contributed by atoms with Gasteiger partial charge in [-0.2, -0.15) is 0 Å². The molecule has 1 aromatic heterocycles. The SMILES string of the molecule is C[C@@H](CNC(=O)N[C@@H]1CCOc2ccccc21)c1nccs1. The van der Waals surface area contributed by atoms with E-state index in [-0.39, 0.29) is 18.0 Å². The van der Waals surface area contributed by atoms with Gasteiger partial charge < -0.3 is 15.4 Å². The summed E-state index contributed by atoms with van der Waals surface area (Å²) in [6.07, 6.45) is 2.57. The Hall–Kier alpha value is -2.08. The normalized spacial score (nSPS) is 18.0. The van der Waals surface area contributed by atoms with Crippen LogP contribution in [0.3, 0.4) is 0 Å². The van der Waals surface area contributed by atoms with Crippen LogP contribution in [0.4, 0.5) is 4.79 Å². The number of aromatic nitrogens is 1. The van der Waals surface area contributed by atoms with Crippen LogP contribution in [-0.4, -0.2) is 24.2 Å². The summed E-state index contributed by atoms with van der Waals surface area (Å²) in [5.41, 5.74) is 1.04. The highest BCUT2D eigenvalue weighted by Crippen LogP contribution is 2.31. The van der Waals surface area contributed by atoms with Crippen LogP contribution in [-0.2, 0) is 0 Å². The molecule has 2 atom stereocenters. The van der Waals surface area contributed by atoms with Gasteiger partial charge in [-0.25, -0.2) is 9.78 Å². The third-order valence-electron chi connectivity index (χ3n) is 3.71. The van der Waals surface area contributed by atoms with Gasteiger partial charge in [0.25, 0.3) is 0 Å². The van der Waals surface area contributed by atoms with Crippen molar-refractivity contribution in [2.24, 2.45) is 0 Å². The average molecular weight is 317 g/mol. The fraction of sp³-hybridized carbons (Fsp3) is 0.375. The third kappa shape index (κ3) is 3.39. The largest absolute Gasteiger partial charge is 0.493 e. The Morgan fingerprint density at radius 3 is 3.18 bits per heavy atom. The van der Waals surface area contributed by atoms with Gasteiger partial charge in [0.15, 0.2) is 0 Å². The van der Waals surface area contributed by atoms with E-state index in [2.05, 4.69) is 22.5 Å². The van der Waals surface area contributed by atoms with Crippen LogP contribution < -0.4 is 15.4 Å². The molecule has 3 rings (SSSR count). The van der Waals surface area contributed by atoms with E-state index in [4.69, 9.17) is 4.74 Å². The highest BCUT2D eigenvalue weighted by Gasteiger charge is 2.22. The zero-order chi connectivity index (χ0) is 15.4. The minimum atomic E-state index is -0.148. The molecule has 22 heavy (non-hydrogen) atoms. The first-order valence-corrected chi connectivity index (χ1v) is 8.27. The maximum atomic E-state index is 12.1. The highest BCUT2D eigenvalue weighted by atomic mass is 32.1. The zero-order valence-electron chi connectivity index (χ0n) is 12.4. The number of hydrogen-bond acceptors (Lipinski definition) is 4. The summed E-state index contributed by atoms with van der Waals surface area (Å²) in [4.78, 5) is 16.4. The number of amides is 2. The monoisotopic (exact) mass is 317 g/mol. The summed E-state index contributed by atoms with van der Waals surface area (Å²) in [5.74, 6) is 1.07. The van der Waals surface area contributed by atoms with Gasteiger partial charge in [0, 0.05) is 36.0 Å². The molecule has 0 fully saturated rings. The summed E-state index contributed by atoms with van der Waals surface area (Å²) in [5, 5.41) is 8.94. The van der Waals surface area contributed by atoms with E-state index in [0.29, 0.717) is 13.2 Å². The average Bonchev–Trinajstić information content (AvgIpc) is 3.07. The molecule has 2 amide bonds. The van der Waals surface area contributed by atoms with Crippen LogP contribution in [0.5, 0.6) is 5.75 Å². The summed E-state index contributed by atoms with van der Waals surface area (Å²) in [6.45, 7) is 3.25. The van der Waals surface area contributed by atoms with Crippen molar-refractivity contribution in [2.45, 2.75) is 25.3 Å². The molecule has 6 heteroatoms. The Balaban J connectivity index is 1.54. The van der Waals surface area contributed by atoms with E-state index >= 15 is 0 Å². The highest BCUT2D eigenvalue weighted by molar-refractivity contribution is 7.09. The minimum absolute atomic E-state index is 0.000110. The number of thiazole rings is 1. The number of fused-ring (bicyclic) bond motifs is 1. The number of nitrogens with one attached hydrogen (secondary N) is 2. The van der Waals surface area contributed by atoms with Gasteiger partial charge in [0.05, 0.1) is 17.7 Å². The van der Waals surface area contributed by atoms with Gasteiger partial charge in [-0.05, 0) is 6.07 Å². The fourth-order valence-corrected chi connectivity index (χ4v) is 3.21. The lowest BCUT2D eigenvalue weighted by atomic mass is 10.0. The number of carbonyl (C=O) groups is 1. The number of urea groups is 1. The van der Waals surface area contributed by atoms with Crippen molar-refractivity contribution in [1.29, 1.82) is 0 Å². The van der Waals surface area contributed by atoms with Crippen LogP contribution in [0.1, 0.15) is 35.9 Å². The molecule has 0 spiro atoms. The number of nitrogens with zero attached hydrogens (tertiary/aromatic N) is 1. The molecule has 0 saturated carbocycles. The molecule has 2 aromatic rings. The lowest BCUT2D eigenvalue weighted by molar-refractivity contribution is 0.223. The van der Waals surface area contributed by atoms with Crippen molar-refractivity contribution in [2.75, 3.05) is 13.2 Å². The van der Waals surface area contributed by atoms with Crippen molar-refractivity contribution >= 4 is 17.4 Å². The van der Waals surface area contributed by atoms with Gasteiger partial charge in [-0.15, -0.1) is 11.3 Å². The quantitative estimate of drug-likeness (QED) is 0.911. The first-order chi connectivity index (χ1) is 10.7. The molecule has 0 aliphatic carbocycles. The van der Waals surface area contributed by atoms with Crippen LogP contribution >= 0.6 is 11.3 Å². The van der Waals surface area contributed by atoms with E-state index in [0.717, 1.165) is 22.7 Å².